The second-order valence-electron chi connectivity index (χ2n) is 4.23. The third kappa shape index (κ3) is 2.02. The number of Topliss-reactive ketones (excluding diaryl/α,β-unsaturated/α-hetero) is 1. The molecule has 1 aromatic heterocycles. The standard InChI is InChI=1S/C15H10BrNO/c16-12-5-4-10-7-11(15(18)14(10)9-12)8-13-3-1-2-6-17-13/h1-6,8-9H,7H2/b11-8+. The minimum absolute atomic E-state index is 0.108. The van der Waals surface area contributed by atoms with E-state index in [9.17, 15) is 4.79 Å². The van der Waals surface area contributed by atoms with Crippen LogP contribution < -0.4 is 0 Å². The molecule has 0 aliphatic heterocycles. The van der Waals surface area contributed by atoms with Gasteiger partial charge in [-0.3, -0.25) is 9.78 Å². The predicted molar refractivity (Wildman–Crippen MR) is 74.4 cm³/mol. The summed E-state index contributed by atoms with van der Waals surface area (Å²) in [6, 6.07) is 11.5. The normalized spacial score (nSPS) is 16.1. The summed E-state index contributed by atoms with van der Waals surface area (Å²) < 4.78 is 0.939. The van der Waals surface area contributed by atoms with Crippen LogP contribution in [0, 0.1) is 0 Å². The van der Waals surface area contributed by atoms with E-state index in [4.69, 9.17) is 0 Å². The summed E-state index contributed by atoms with van der Waals surface area (Å²) in [4.78, 5) is 16.5. The SMILES string of the molecule is O=C1/C(=C/c2ccccn2)Cc2ccc(Br)cc21. The highest BCUT2D eigenvalue weighted by molar-refractivity contribution is 9.10. The number of hydrogen-bond donors (Lipinski definition) is 0. The fraction of sp³-hybridized carbons (Fsp3) is 0.0667. The van der Waals surface area contributed by atoms with E-state index < -0.39 is 0 Å². The van der Waals surface area contributed by atoms with Crippen molar-refractivity contribution >= 4 is 27.8 Å². The third-order valence-electron chi connectivity index (χ3n) is 3.00. The second-order valence-corrected chi connectivity index (χ2v) is 5.15. The van der Waals surface area contributed by atoms with Crippen molar-refractivity contribution in [2.45, 2.75) is 6.42 Å². The Morgan fingerprint density at radius 2 is 2.11 bits per heavy atom. The van der Waals surface area contributed by atoms with Crippen LogP contribution in [0.1, 0.15) is 21.6 Å². The zero-order chi connectivity index (χ0) is 12.5. The molecular formula is C15H10BrNO. The van der Waals surface area contributed by atoms with Crippen LogP contribution in [0.15, 0.2) is 52.6 Å². The molecule has 0 unspecified atom stereocenters. The van der Waals surface area contributed by atoms with E-state index in [1.165, 1.54) is 0 Å². The lowest BCUT2D eigenvalue weighted by Crippen LogP contribution is -1.95. The molecule has 0 saturated carbocycles. The van der Waals surface area contributed by atoms with Crippen LogP contribution in [0.2, 0.25) is 0 Å². The number of allylic oxidation sites excluding steroid dienone is 1. The first-order valence-electron chi connectivity index (χ1n) is 5.69. The lowest BCUT2D eigenvalue weighted by Gasteiger charge is -1.96. The first-order chi connectivity index (χ1) is 8.74. The molecule has 1 heterocycles. The van der Waals surface area contributed by atoms with Crippen LogP contribution >= 0.6 is 15.9 Å². The summed E-state index contributed by atoms with van der Waals surface area (Å²) in [5, 5.41) is 0. The number of ketones is 1. The molecule has 0 saturated heterocycles. The average Bonchev–Trinajstić information content (AvgIpc) is 2.68. The molecule has 3 rings (SSSR count). The van der Waals surface area contributed by atoms with E-state index in [0.717, 1.165) is 26.9 Å². The van der Waals surface area contributed by atoms with Crippen molar-refractivity contribution in [3.05, 3.63) is 69.5 Å². The van der Waals surface area contributed by atoms with Crippen LogP contribution in [0.3, 0.4) is 0 Å². The first-order valence-corrected chi connectivity index (χ1v) is 6.48. The maximum atomic E-state index is 12.2. The first kappa shape index (κ1) is 11.4. The molecule has 88 valence electrons. The van der Waals surface area contributed by atoms with Gasteiger partial charge in [-0.05, 0) is 35.9 Å². The summed E-state index contributed by atoms with van der Waals surface area (Å²) in [5.41, 5.74) is 3.52. The zero-order valence-corrected chi connectivity index (χ0v) is 11.1. The van der Waals surface area contributed by atoms with Gasteiger partial charge in [0.15, 0.2) is 5.78 Å². The number of halogens is 1. The summed E-state index contributed by atoms with van der Waals surface area (Å²) in [7, 11) is 0. The van der Waals surface area contributed by atoms with Crippen molar-refractivity contribution in [3.8, 4) is 0 Å². The maximum Gasteiger partial charge on any atom is 0.189 e. The van der Waals surface area contributed by atoms with Gasteiger partial charge in [0.05, 0.1) is 5.69 Å². The number of rotatable bonds is 1. The molecule has 18 heavy (non-hydrogen) atoms. The van der Waals surface area contributed by atoms with Crippen LogP contribution in [-0.4, -0.2) is 10.8 Å². The number of fused-ring (bicyclic) bond motifs is 1. The van der Waals surface area contributed by atoms with Gasteiger partial charge in [-0.1, -0.05) is 28.1 Å². The highest BCUT2D eigenvalue weighted by atomic mass is 79.9. The molecule has 0 radical (unpaired) electrons. The summed E-state index contributed by atoms with van der Waals surface area (Å²) >= 11 is 3.40. The summed E-state index contributed by atoms with van der Waals surface area (Å²) in [5.74, 6) is 0.108. The Balaban J connectivity index is 2.00. The van der Waals surface area contributed by atoms with Crippen molar-refractivity contribution in [3.63, 3.8) is 0 Å². The minimum atomic E-state index is 0.108. The van der Waals surface area contributed by atoms with E-state index in [-0.39, 0.29) is 5.78 Å². The quantitative estimate of drug-likeness (QED) is 0.752. The molecule has 1 aliphatic rings. The van der Waals surface area contributed by atoms with Gasteiger partial charge in [0, 0.05) is 28.2 Å². The van der Waals surface area contributed by atoms with Crippen molar-refractivity contribution < 1.29 is 4.79 Å². The molecule has 2 nitrogen and oxygen atoms in total. The largest absolute Gasteiger partial charge is 0.289 e. The maximum absolute atomic E-state index is 12.2. The molecule has 0 amide bonds. The molecule has 1 aliphatic carbocycles. The number of carbonyl (C=O) groups is 1. The number of benzene rings is 1. The van der Waals surface area contributed by atoms with Crippen molar-refractivity contribution in [2.75, 3.05) is 0 Å². The fourth-order valence-electron chi connectivity index (χ4n) is 2.13. The molecule has 3 heteroatoms. The predicted octanol–water partition coefficient (Wildman–Crippen LogP) is 3.67. The molecule has 0 fully saturated rings. The topological polar surface area (TPSA) is 30.0 Å². The Kier molecular flexibility index (Phi) is 2.84. The Hall–Kier alpha value is -1.74. The number of aromatic nitrogens is 1. The average molecular weight is 300 g/mol. The van der Waals surface area contributed by atoms with Gasteiger partial charge in [-0.2, -0.15) is 0 Å². The second kappa shape index (κ2) is 4.50. The molecule has 1 aromatic carbocycles. The van der Waals surface area contributed by atoms with Crippen molar-refractivity contribution in [2.24, 2.45) is 0 Å². The zero-order valence-electron chi connectivity index (χ0n) is 9.56. The molecule has 2 aromatic rings. The van der Waals surface area contributed by atoms with Gasteiger partial charge in [0.25, 0.3) is 0 Å². The van der Waals surface area contributed by atoms with Gasteiger partial charge in [-0.25, -0.2) is 0 Å². The minimum Gasteiger partial charge on any atom is -0.289 e. The van der Waals surface area contributed by atoms with E-state index in [1.807, 2.05) is 42.5 Å². The number of nitrogens with zero attached hydrogens (tertiary/aromatic N) is 1. The highest BCUT2D eigenvalue weighted by Crippen LogP contribution is 2.29. The molecule has 0 spiro atoms. The van der Waals surface area contributed by atoms with Gasteiger partial charge < -0.3 is 0 Å². The van der Waals surface area contributed by atoms with Crippen LogP contribution in [0.25, 0.3) is 6.08 Å². The van der Waals surface area contributed by atoms with Crippen LogP contribution in [0.4, 0.5) is 0 Å². The Labute approximate surface area is 114 Å². The molecule has 0 atom stereocenters. The molecular weight excluding hydrogens is 290 g/mol. The van der Waals surface area contributed by atoms with Gasteiger partial charge in [0.2, 0.25) is 0 Å². The van der Waals surface area contributed by atoms with E-state index in [2.05, 4.69) is 20.9 Å². The van der Waals surface area contributed by atoms with Crippen molar-refractivity contribution in [1.29, 1.82) is 0 Å². The monoisotopic (exact) mass is 299 g/mol. The van der Waals surface area contributed by atoms with Gasteiger partial charge in [-0.15, -0.1) is 0 Å². The fourth-order valence-corrected chi connectivity index (χ4v) is 2.49. The Morgan fingerprint density at radius 3 is 2.89 bits per heavy atom. The number of pyridine rings is 1. The third-order valence-corrected chi connectivity index (χ3v) is 3.49. The number of carbonyl (C=O) groups excluding carboxylic acids is 1. The number of hydrogen-bond acceptors (Lipinski definition) is 2. The lowest BCUT2D eigenvalue weighted by molar-refractivity contribution is 0.104. The van der Waals surface area contributed by atoms with Crippen LogP contribution in [0.5, 0.6) is 0 Å². The Bertz CT molecular complexity index is 647. The van der Waals surface area contributed by atoms with Gasteiger partial charge in [0.1, 0.15) is 0 Å². The lowest BCUT2D eigenvalue weighted by atomic mass is 10.1. The molecule has 0 bridgehead atoms. The van der Waals surface area contributed by atoms with E-state index >= 15 is 0 Å². The van der Waals surface area contributed by atoms with Crippen molar-refractivity contribution in [1.82, 2.24) is 4.98 Å². The Morgan fingerprint density at radius 1 is 1.22 bits per heavy atom. The van der Waals surface area contributed by atoms with E-state index in [1.54, 1.807) is 6.20 Å². The van der Waals surface area contributed by atoms with Gasteiger partial charge >= 0.3 is 0 Å². The molecule has 0 N–H and O–H groups in total. The van der Waals surface area contributed by atoms with E-state index in [0.29, 0.717) is 6.42 Å². The van der Waals surface area contributed by atoms with Crippen LogP contribution in [-0.2, 0) is 6.42 Å². The summed E-state index contributed by atoms with van der Waals surface area (Å²) in [6.07, 6.45) is 4.30. The highest BCUT2D eigenvalue weighted by Gasteiger charge is 2.24. The smallest absolute Gasteiger partial charge is 0.189 e. The summed E-state index contributed by atoms with van der Waals surface area (Å²) in [6.45, 7) is 0.